The molecule has 0 aromatic heterocycles. The smallest absolute Gasteiger partial charge is 0.411 e. The summed E-state index contributed by atoms with van der Waals surface area (Å²) in [7, 11) is 2.56. The summed E-state index contributed by atoms with van der Waals surface area (Å²) < 4.78 is 25.5. The van der Waals surface area contributed by atoms with Crippen molar-refractivity contribution in [1.82, 2.24) is 10.2 Å². The third-order valence-corrected chi connectivity index (χ3v) is 10.9. The van der Waals surface area contributed by atoms with E-state index < -0.39 is 47.4 Å². The van der Waals surface area contributed by atoms with Crippen molar-refractivity contribution in [3.05, 3.63) is 144 Å². The lowest BCUT2D eigenvalue weighted by molar-refractivity contribution is -0.145. The Morgan fingerprint density at radius 1 is 0.559 bits per heavy atom. The number of hydrogen-bond donors (Lipinski definition) is 4. The lowest BCUT2D eigenvalue weighted by Gasteiger charge is -2.27. The van der Waals surface area contributed by atoms with Crippen LogP contribution in [0.4, 0.5) is 9.59 Å². The SMILES string of the molecule is COC(=O)C1CN1C(=O)OC(C)(C)C.COC(=O)[C@H](COC[C@H](Cc1ccccc1)[C@H](CO)Cc1ccccc1)NC(=O)OC(C)(C)C.OC[C@H](Cc1ccccc1)[C@H](CO)Cc1ccccc1. The van der Waals surface area contributed by atoms with Crippen LogP contribution in [0.1, 0.15) is 63.8 Å². The van der Waals surface area contributed by atoms with E-state index in [1.54, 1.807) is 41.5 Å². The fraction of sp³-hybridized carbons (Fsp3) is 0.481. The molecular weight excluding hydrogens is 869 g/mol. The van der Waals surface area contributed by atoms with Crippen molar-refractivity contribution < 1.29 is 58.2 Å². The van der Waals surface area contributed by atoms with Crippen molar-refractivity contribution in [2.45, 2.75) is 90.5 Å². The zero-order valence-electron chi connectivity index (χ0n) is 41.0. The molecule has 1 unspecified atom stereocenters. The minimum absolute atomic E-state index is 0.00629. The van der Waals surface area contributed by atoms with Crippen LogP contribution in [-0.2, 0) is 59.0 Å². The number of ether oxygens (including phenoxy) is 5. The maximum absolute atomic E-state index is 12.2. The average Bonchev–Trinajstić information content (AvgIpc) is 4.13. The van der Waals surface area contributed by atoms with E-state index in [9.17, 15) is 34.5 Å². The van der Waals surface area contributed by atoms with Crippen molar-refractivity contribution in [2.24, 2.45) is 23.7 Å². The number of rotatable bonds is 20. The highest BCUT2D eigenvalue weighted by Crippen LogP contribution is 2.25. The summed E-state index contributed by atoms with van der Waals surface area (Å²) in [6, 6.07) is 38.9. The van der Waals surface area contributed by atoms with Gasteiger partial charge in [0.15, 0.2) is 12.1 Å². The van der Waals surface area contributed by atoms with E-state index in [4.69, 9.17) is 18.9 Å². The molecule has 1 saturated heterocycles. The second-order valence-corrected chi connectivity index (χ2v) is 18.8. The number of aliphatic hydroxyl groups excluding tert-OH is 3. The van der Waals surface area contributed by atoms with Crippen LogP contribution in [0.2, 0.25) is 0 Å². The summed E-state index contributed by atoms with van der Waals surface area (Å²) in [5, 5.41) is 32.0. The number of carbonyl (C=O) groups excluding carboxylic acids is 4. The van der Waals surface area contributed by atoms with Gasteiger partial charge in [-0.3, -0.25) is 4.90 Å². The molecule has 2 amide bonds. The molecule has 5 rings (SSSR count). The Morgan fingerprint density at radius 3 is 1.26 bits per heavy atom. The Balaban J connectivity index is 0.000000302. The first-order chi connectivity index (χ1) is 32.4. The summed E-state index contributed by atoms with van der Waals surface area (Å²) >= 11 is 0. The maximum atomic E-state index is 12.2. The largest absolute Gasteiger partial charge is 0.467 e. The van der Waals surface area contributed by atoms with Crippen LogP contribution >= 0.6 is 0 Å². The summed E-state index contributed by atoms with van der Waals surface area (Å²) in [6.07, 6.45) is 1.83. The molecule has 1 aliphatic heterocycles. The number of nitrogens with zero attached hydrogens (tertiary/aromatic N) is 1. The number of nitrogens with one attached hydrogen (secondary N) is 1. The van der Waals surface area contributed by atoms with Gasteiger partial charge in [0.2, 0.25) is 0 Å². The van der Waals surface area contributed by atoms with Crippen molar-refractivity contribution in [2.75, 3.05) is 53.8 Å². The fourth-order valence-corrected chi connectivity index (χ4v) is 7.27. The highest BCUT2D eigenvalue weighted by atomic mass is 16.6. The van der Waals surface area contributed by atoms with E-state index in [2.05, 4.69) is 34.3 Å². The van der Waals surface area contributed by atoms with Gasteiger partial charge in [-0.25, -0.2) is 19.2 Å². The second kappa shape index (κ2) is 29.2. The van der Waals surface area contributed by atoms with Crippen molar-refractivity contribution in [3.8, 4) is 0 Å². The van der Waals surface area contributed by atoms with Gasteiger partial charge in [0.05, 0.1) is 34.0 Å². The Hall–Kier alpha value is -5.80. The van der Waals surface area contributed by atoms with Gasteiger partial charge in [-0.05, 0) is 113 Å². The monoisotopic (exact) mass is 943 g/mol. The standard InChI is InChI=1S/C27H37NO6.C18H22O2.C9H15NO4/c1-27(2,3)34-26(31)28-24(25(30)32-4)19-33-18-23(16-21-13-9-6-10-14-21)22(17-29)15-20-11-7-5-8-12-20;19-13-17(11-15-7-3-1-4-8-15)18(14-20)12-16-9-5-2-6-10-16;1-9(2,3)14-8(12)10-5-6(10)7(11)13-4/h5-14,22-24,29H,15-19H2,1-4H3,(H,28,31);1-10,17-20H,11-14H2;6H,5H2,1-4H3/t22-,23-,24-;17-,18-;/m00./s1. The van der Waals surface area contributed by atoms with Crippen LogP contribution in [0.5, 0.6) is 0 Å². The summed E-state index contributed by atoms with van der Waals surface area (Å²) in [5.41, 5.74) is 3.46. The predicted octanol–water partition coefficient (Wildman–Crippen LogP) is 7.25. The van der Waals surface area contributed by atoms with Crippen LogP contribution in [-0.4, -0.2) is 121 Å². The molecule has 4 N–H and O–H groups in total. The molecule has 68 heavy (non-hydrogen) atoms. The molecule has 14 heteroatoms. The van der Waals surface area contributed by atoms with Crippen LogP contribution in [0.3, 0.4) is 0 Å². The molecule has 372 valence electrons. The highest BCUT2D eigenvalue weighted by Gasteiger charge is 2.47. The molecule has 1 fully saturated rings. The lowest BCUT2D eigenvalue weighted by Crippen LogP contribution is -2.47. The molecule has 0 spiro atoms. The number of benzene rings is 4. The molecule has 1 heterocycles. The molecule has 0 saturated carbocycles. The van der Waals surface area contributed by atoms with Crippen molar-refractivity contribution >= 4 is 24.1 Å². The summed E-state index contributed by atoms with van der Waals surface area (Å²) in [6.45, 7) is 11.4. The quantitative estimate of drug-likeness (QED) is 0.0395. The summed E-state index contributed by atoms with van der Waals surface area (Å²) in [5.74, 6) is -0.889. The van der Waals surface area contributed by atoms with E-state index in [0.29, 0.717) is 26.0 Å². The van der Waals surface area contributed by atoms with E-state index in [-0.39, 0.29) is 50.1 Å². The average molecular weight is 943 g/mol. The lowest BCUT2D eigenvalue weighted by atomic mass is 9.83. The Labute approximate surface area is 402 Å². The number of amides is 2. The van der Waals surface area contributed by atoms with Gasteiger partial charge in [-0.15, -0.1) is 0 Å². The molecule has 0 bridgehead atoms. The van der Waals surface area contributed by atoms with Crippen molar-refractivity contribution in [3.63, 3.8) is 0 Å². The number of esters is 2. The van der Waals surface area contributed by atoms with Gasteiger partial charge < -0.3 is 44.3 Å². The van der Waals surface area contributed by atoms with Gasteiger partial charge in [0.1, 0.15) is 11.2 Å². The minimum Gasteiger partial charge on any atom is -0.467 e. The van der Waals surface area contributed by atoms with Gasteiger partial charge in [-0.1, -0.05) is 121 Å². The van der Waals surface area contributed by atoms with Gasteiger partial charge >= 0.3 is 24.1 Å². The number of hydrogen-bond acceptors (Lipinski definition) is 12. The van der Waals surface area contributed by atoms with Crippen LogP contribution < -0.4 is 5.32 Å². The first-order valence-corrected chi connectivity index (χ1v) is 23.1. The first kappa shape index (κ1) is 56.5. The topological polar surface area (TPSA) is 190 Å². The van der Waals surface area contributed by atoms with Gasteiger partial charge in [0, 0.05) is 19.8 Å². The Morgan fingerprint density at radius 2 is 0.926 bits per heavy atom. The molecule has 0 radical (unpaired) electrons. The van der Waals surface area contributed by atoms with E-state index in [1.165, 1.54) is 30.2 Å². The molecule has 4 aromatic carbocycles. The van der Waals surface area contributed by atoms with E-state index in [1.807, 2.05) is 97.1 Å². The Kier molecular flexibility index (Phi) is 24.2. The van der Waals surface area contributed by atoms with Crippen LogP contribution in [0, 0.1) is 23.7 Å². The van der Waals surface area contributed by atoms with Gasteiger partial charge in [0.25, 0.3) is 0 Å². The van der Waals surface area contributed by atoms with E-state index >= 15 is 0 Å². The predicted molar refractivity (Wildman–Crippen MR) is 261 cm³/mol. The second-order valence-electron chi connectivity index (χ2n) is 18.8. The third kappa shape index (κ3) is 21.9. The summed E-state index contributed by atoms with van der Waals surface area (Å²) in [4.78, 5) is 48.0. The third-order valence-electron chi connectivity index (χ3n) is 10.9. The molecule has 14 nitrogen and oxygen atoms in total. The Bertz CT molecular complexity index is 2000. The minimum atomic E-state index is -1.00. The van der Waals surface area contributed by atoms with E-state index in [0.717, 1.165) is 24.0 Å². The fourth-order valence-electron chi connectivity index (χ4n) is 7.27. The number of aliphatic hydroxyl groups is 3. The molecule has 0 aliphatic carbocycles. The molecule has 6 atom stereocenters. The number of carbonyl (C=O) groups is 4. The maximum Gasteiger partial charge on any atom is 0.411 e. The van der Waals surface area contributed by atoms with Gasteiger partial charge in [-0.2, -0.15) is 0 Å². The van der Waals surface area contributed by atoms with Crippen LogP contribution in [0.15, 0.2) is 121 Å². The normalized spacial score (nSPS) is 15.3. The zero-order chi connectivity index (χ0) is 50.1. The zero-order valence-corrected chi connectivity index (χ0v) is 41.0. The number of methoxy groups -OCH3 is 2. The highest BCUT2D eigenvalue weighted by molar-refractivity contribution is 5.86. The van der Waals surface area contributed by atoms with Crippen LogP contribution in [0.25, 0.3) is 0 Å². The molecular formula is C54H74N2O12. The molecule has 4 aromatic rings. The first-order valence-electron chi connectivity index (χ1n) is 23.1. The number of alkyl carbamates (subject to hydrolysis) is 1. The van der Waals surface area contributed by atoms with Crippen molar-refractivity contribution in [1.29, 1.82) is 0 Å². The molecule has 1 aliphatic rings.